The van der Waals surface area contributed by atoms with Crippen LogP contribution in [0.25, 0.3) is 22.3 Å². The van der Waals surface area contributed by atoms with E-state index in [0.29, 0.717) is 6.42 Å². The van der Waals surface area contributed by atoms with Gasteiger partial charge in [0.25, 0.3) is 0 Å². The summed E-state index contributed by atoms with van der Waals surface area (Å²) in [6.07, 6.45) is 0.336. The van der Waals surface area contributed by atoms with Crippen molar-refractivity contribution in [1.29, 1.82) is 0 Å². The van der Waals surface area contributed by atoms with E-state index >= 15 is 0 Å². The Bertz CT molecular complexity index is 809. The number of aliphatic carboxylic acids is 1. The highest BCUT2D eigenvalue weighted by Crippen LogP contribution is 2.25. The monoisotopic (exact) mass is 317 g/mol. The molecule has 0 saturated heterocycles. The van der Waals surface area contributed by atoms with Gasteiger partial charge in [0.05, 0.1) is 0 Å². The Balaban J connectivity index is 1.76. The molecule has 0 aliphatic rings. The number of hydrogen-bond donors (Lipinski definition) is 2. The van der Waals surface area contributed by atoms with Gasteiger partial charge in [0.2, 0.25) is 0 Å². The molecule has 0 fully saturated rings. The van der Waals surface area contributed by atoms with E-state index in [1.807, 2.05) is 42.5 Å². The SMILES string of the molecule is NC(Cc1ccc(-c2ccc(-c3ccccc3)cc2)cc1)C(=O)O. The summed E-state index contributed by atoms with van der Waals surface area (Å²) in [4.78, 5) is 10.8. The summed E-state index contributed by atoms with van der Waals surface area (Å²) in [6, 6.07) is 25.7. The van der Waals surface area contributed by atoms with Gasteiger partial charge >= 0.3 is 5.97 Å². The number of carboxylic acids is 1. The Morgan fingerprint density at radius 1 is 0.750 bits per heavy atom. The highest BCUT2D eigenvalue weighted by Gasteiger charge is 2.11. The second-order valence-electron chi connectivity index (χ2n) is 5.79. The van der Waals surface area contributed by atoms with Gasteiger partial charge in [0, 0.05) is 0 Å². The molecule has 0 aliphatic carbocycles. The number of rotatable bonds is 5. The molecule has 0 saturated carbocycles. The van der Waals surface area contributed by atoms with E-state index in [-0.39, 0.29) is 0 Å². The van der Waals surface area contributed by atoms with Crippen molar-refractivity contribution in [3.63, 3.8) is 0 Å². The molecule has 0 radical (unpaired) electrons. The molecular weight excluding hydrogens is 298 g/mol. The van der Waals surface area contributed by atoms with Crippen LogP contribution in [0.1, 0.15) is 5.56 Å². The van der Waals surface area contributed by atoms with E-state index in [1.54, 1.807) is 0 Å². The van der Waals surface area contributed by atoms with Crippen LogP contribution < -0.4 is 5.73 Å². The lowest BCUT2D eigenvalue weighted by Gasteiger charge is -2.08. The predicted molar refractivity (Wildman–Crippen MR) is 96.6 cm³/mol. The first kappa shape index (κ1) is 16.0. The maximum absolute atomic E-state index is 10.8. The van der Waals surface area contributed by atoms with Crippen molar-refractivity contribution < 1.29 is 9.90 Å². The fourth-order valence-corrected chi connectivity index (χ4v) is 2.66. The molecule has 3 N–H and O–H groups in total. The first-order valence-electron chi connectivity index (χ1n) is 7.86. The normalized spacial score (nSPS) is 11.9. The minimum Gasteiger partial charge on any atom is -0.480 e. The topological polar surface area (TPSA) is 63.3 Å². The molecule has 0 aromatic heterocycles. The number of carboxylic acid groups (broad SMARTS) is 1. The van der Waals surface area contributed by atoms with Gasteiger partial charge < -0.3 is 10.8 Å². The highest BCUT2D eigenvalue weighted by molar-refractivity contribution is 5.74. The van der Waals surface area contributed by atoms with E-state index in [2.05, 4.69) is 36.4 Å². The van der Waals surface area contributed by atoms with E-state index in [1.165, 1.54) is 11.1 Å². The van der Waals surface area contributed by atoms with Crippen LogP contribution >= 0.6 is 0 Å². The van der Waals surface area contributed by atoms with Crippen LogP contribution in [0, 0.1) is 0 Å². The third kappa shape index (κ3) is 3.70. The van der Waals surface area contributed by atoms with E-state index in [0.717, 1.165) is 16.7 Å². The van der Waals surface area contributed by atoms with Crippen LogP contribution in [0.4, 0.5) is 0 Å². The summed E-state index contributed by atoms with van der Waals surface area (Å²) >= 11 is 0. The molecule has 120 valence electrons. The van der Waals surface area contributed by atoms with Gasteiger partial charge in [0.1, 0.15) is 6.04 Å². The van der Waals surface area contributed by atoms with Crippen LogP contribution in [-0.4, -0.2) is 17.1 Å². The summed E-state index contributed by atoms with van der Waals surface area (Å²) in [6.45, 7) is 0. The number of carbonyl (C=O) groups is 1. The van der Waals surface area contributed by atoms with E-state index in [9.17, 15) is 4.79 Å². The fourth-order valence-electron chi connectivity index (χ4n) is 2.66. The second kappa shape index (κ2) is 7.11. The number of nitrogens with two attached hydrogens (primary N) is 1. The third-order valence-electron chi connectivity index (χ3n) is 4.05. The number of benzene rings is 3. The second-order valence-corrected chi connectivity index (χ2v) is 5.79. The molecule has 0 aliphatic heterocycles. The summed E-state index contributed by atoms with van der Waals surface area (Å²) in [7, 11) is 0. The quantitative estimate of drug-likeness (QED) is 0.748. The van der Waals surface area contributed by atoms with Gasteiger partial charge in [-0.25, -0.2) is 0 Å². The minimum atomic E-state index is -0.976. The Morgan fingerprint density at radius 2 is 1.17 bits per heavy atom. The molecule has 0 bridgehead atoms. The standard InChI is InChI=1S/C21H19NO2/c22-20(21(23)24)14-15-6-8-17(9-7-15)19-12-10-18(11-13-19)16-4-2-1-3-5-16/h1-13,20H,14,22H2,(H,23,24). The zero-order valence-electron chi connectivity index (χ0n) is 13.2. The van der Waals surface area contributed by atoms with Crippen LogP contribution in [0.3, 0.4) is 0 Å². The van der Waals surface area contributed by atoms with Crippen molar-refractivity contribution in [2.45, 2.75) is 12.5 Å². The first-order chi connectivity index (χ1) is 11.6. The van der Waals surface area contributed by atoms with Crippen molar-refractivity contribution in [3.8, 4) is 22.3 Å². The molecular formula is C21H19NO2. The van der Waals surface area contributed by atoms with E-state index < -0.39 is 12.0 Å². The fraction of sp³-hybridized carbons (Fsp3) is 0.0952. The highest BCUT2D eigenvalue weighted by atomic mass is 16.4. The largest absolute Gasteiger partial charge is 0.480 e. The lowest BCUT2D eigenvalue weighted by atomic mass is 9.98. The molecule has 3 rings (SSSR count). The molecule has 1 unspecified atom stereocenters. The van der Waals surface area contributed by atoms with Gasteiger partial charge in [-0.1, -0.05) is 78.9 Å². The molecule has 0 spiro atoms. The van der Waals surface area contributed by atoms with Gasteiger partial charge in [0.15, 0.2) is 0 Å². The zero-order valence-corrected chi connectivity index (χ0v) is 13.2. The first-order valence-corrected chi connectivity index (χ1v) is 7.86. The van der Waals surface area contributed by atoms with Gasteiger partial charge in [-0.05, 0) is 34.2 Å². The van der Waals surface area contributed by atoms with Crippen LogP contribution in [0.15, 0.2) is 78.9 Å². The Morgan fingerprint density at radius 3 is 1.62 bits per heavy atom. The summed E-state index contributed by atoms with van der Waals surface area (Å²) in [5.74, 6) is -0.976. The van der Waals surface area contributed by atoms with Crippen molar-refractivity contribution in [2.75, 3.05) is 0 Å². The molecule has 0 heterocycles. The smallest absolute Gasteiger partial charge is 0.320 e. The Hall–Kier alpha value is -2.91. The molecule has 24 heavy (non-hydrogen) atoms. The predicted octanol–water partition coefficient (Wildman–Crippen LogP) is 3.98. The minimum absolute atomic E-state index is 0.336. The molecule has 3 nitrogen and oxygen atoms in total. The molecule has 3 aromatic rings. The van der Waals surface area contributed by atoms with Gasteiger partial charge in [-0.2, -0.15) is 0 Å². The summed E-state index contributed by atoms with van der Waals surface area (Å²) in [5, 5.41) is 8.87. The molecule has 3 heteroatoms. The molecule has 3 aromatic carbocycles. The summed E-state index contributed by atoms with van der Waals surface area (Å²) < 4.78 is 0. The average Bonchev–Trinajstić information content (AvgIpc) is 2.63. The third-order valence-corrected chi connectivity index (χ3v) is 4.05. The van der Waals surface area contributed by atoms with Crippen LogP contribution in [-0.2, 0) is 11.2 Å². The lowest BCUT2D eigenvalue weighted by molar-refractivity contribution is -0.138. The number of hydrogen-bond acceptors (Lipinski definition) is 2. The Labute approximate surface area is 141 Å². The van der Waals surface area contributed by atoms with Crippen LogP contribution in [0.2, 0.25) is 0 Å². The summed E-state index contributed by atoms with van der Waals surface area (Å²) in [5.41, 5.74) is 11.1. The maximum Gasteiger partial charge on any atom is 0.320 e. The maximum atomic E-state index is 10.8. The Kier molecular flexibility index (Phi) is 4.73. The molecule has 0 amide bonds. The van der Waals surface area contributed by atoms with Crippen LogP contribution in [0.5, 0.6) is 0 Å². The van der Waals surface area contributed by atoms with E-state index in [4.69, 9.17) is 10.8 Å². The van der Waals surface area contributed by atoms with Gasteiger partial charge in [-0.3, -0.25) is 4.79 Å². The van der Waals surface area contributed by atoms with Gasteiger partial charge in [-0.15, -0.1) is 0 Å². The van der Waals surface area contributed by atoms with Crippen molar-refractivity contribution in [3.05, 3.63) is 84.4 Å². The van der Waals surface area contributed by atoms with Crippen molar-refractivity contribution in [1.82, 2.24) is 0 Å². The van der Waals surface area contributed by atoms with Crippen molar-refractivity contribution in [2.24, 2.45) is 5.73 Å². The zero-order chi connectivity index (χ0) is 16.9. The molecule has 1 atom stereocenters. The average molecular weight is 317 g/mol. The lowest BCUT2D eigenvalue weighted by Crippen LogP contribution is -2.32. The van der Waals surface area contributed by atoms with Crippen molar-refractivity contribution >= 4 is 5.97 Å².